The Morgan fingerprint density at radius 3 is 2.59 bits per heavy atom. The summed E-state index contributed by atoms with van der Waals surface area (Å²) in [5, 5.41) is 23.3. The van der Waals surface area contributed by atoms with E-state index in [4.69, 9.17) is 0 Å². The van der Waals surface area contributed by atoms with Gasteiger partial charge in [0, 0.05) is 18.0 Å². The molecule has 0 radical (unpaired) electrons. The summed E-state index contributed by atoms with van der Waals surface area (Å²) >= 11 is 0. The minimum atomic E-state index is 0.0161. The van der Waals surface area contributed by atoms with Crippen LogP contribution in [-0.2, 0) is 12.8 Å². The van der Waals surface area contributed by atoms with Crippen LogP contribution in [0.2, 0.25) is 0 Å². The SMILES string of the molecule is CCCc1c(Cc2ccc(-c3ccccc3C#N)cc2)c(=O)n(C2CCC(=CCO)CC2)c2ncnn12. The molecule has 4 aromatic rings. The first-order chi connectivity index (χ1) is 18.1. The molecule has 2 aromatic carbocycles. The topological polar surface area (TPSA) is 96.2 Å². The van der Waals surface area contributed by atoms with Gasteiger partial charge in [-0.1, -0.05) is 67.5 Å². The molecule has 7 heteroatoms. The fourth-order valence-corrected chi connectivity index (χ4v) is 5.48. The van der Waals surface area contributed by atoms with E-state index in [1.54, 1.807) is 0 Å². The highest BCUT2D eigenvalue weighted by atomic mass is 16.2. The zero-order valence-corrected chi connectivity index (χ0v) is 21.1. The normalized spacial score (nSPS) is 15.6. The molecule has 0 bridgehead atoms. The molecular formula is C30H31N5O2. The van der Waals surface area contributed by atoms with Crippen molar-refractivity contribution < 1.29 is 5.11 Å². The number of rotatable bonds is 7. The van der Waals surface area contributed by atoms with Crippen molar-refractivity contribution in [2.24, 2.45) is 0 Å². The van der Waals surface area contributed by atoms with Gasteiger partial charge in [-0.3, -0.25) is 9.36 Å². The smallest absolute Gasteiger partial charge is 0.259 e. The summed E-state index contributed by atoms with van der Waals surface area (Å²) in [6.45, 7) is 2.17. The van der Waals surface area contributed by atoms with Crippen molar-refractivity contribution in [3.63, 3.8) is 0 Å². The maximum atomic E-state index is 14.1. The van der Waals surface area contributed by atoms with Crippen LogP contribution in [0.15, 0.2) is 71.3 Å². The van der Waals surface area contributed by atoms with E-state index in [-0.39, 0.29) is 18.2 Å². The molecule has 7 nitrogen and oxygen atoms in total. The lowest BCUT2D eigenvalue weighted by atomic mass is 9.90. The number of hydrogen-bond acceptors (Lipinski definition) is 5. The fourth-order valence-electron chi connectivity index (χ4n) is 5.48. The second-order valence-electron chi connectivity index (χ2n) is 9.63. The molecule has 1 N–H and O–H groups in total. The van der Waals surface area contributed by atoms with Crippen LogP contribution in [-0.4, -0.2) is 30.9 Å². The van der Waals surface area contributed by atoms with Crippen molar-refractivity contribution in [2.75, 3.05) is 6.61 Å². The minimum Gasteiger partial charge on any atom is -0.392 e. The third-order valence-electron chi connectivity index (χ3n) is 7.35. The molecule has 0 aliphatic heterocycles. The van der Waals surface area contributed by atoms with Gasteiger partial charge in [-0.15, -0.1) is 0 Å². The van der Waals surface area contributed by atoms with Gasteiger partial charge in [0.25, 0.3) is 5.56 Å². The average Bonchev–Trinajstić information content (AvgIpc) is 3.41. The lowest BCUT2D eigenvalue weighted by Gasteiger charge is -2.27. The summed E-state index contributed by atoms with van der Waals surface area (Å²) in [5.41, 5.74) is 6.52. The molecule has 2 aromatic heterocycles. The molecule has 1 aliphatic carbocycles. The summed E-state index contributed by atoms with van der Waals surface area (Å²) in [5.74, 6) is 0.611. The zero-order valence-electron chi connectivity index (χ0n) is 21.1. The van der Waals surface area contributed by atoms with Crippen LogP contribution in [0.25, 0.3) is 16.9 Å². The van der Waals surface area contributed by atoms with E-state index in [0.29, 0.717) is 17.8 Å². The Morgan fingerprint density at radius 1 is 1.14 bits per heavy atom. The van der Waals surface area contributed by atoms with Gasteiger partial charge in [0.05, 0.1) is 23.9 Å². The Morgan fingerprint density at radius 2 is 1.89 bits per heavy atom. The van der Waals surface area contributed by atoms with E-state index >= 15 is 0 Å². The zero-order chi connectivity index (χ0) is 25.8. The second-order valence-corrected chi connectivity index (χ2v) is 9.63. The standard InChI is InChI=1S/C30H31N5O2/c1-2-5-28-27(18-22-8-12-23(13-9-22)26-7-4-3-6-24(26)19-31)29(37)34(30-32-20-33-35(28)30)25-14-10-21(11-15-25)16-17-36/h3-4,6-9,12-13,16,20,25,36H,2,5,10-11,14-15,17-18H2,1H3. The molecule has 1 aliphatic rings. The molecule has 0 amide bonds. The third-order valence-corrected chi connectivity index (χ3v) is 7.35. The van der Waals surface area contributed by atoms with Gasteiger partial charge >= 0.3 is 0 Å². The minimum absolute atomic E-state index is 0.0161. The van der Waals surface area contributed by atoms with Crippen LogP contribution in [0.5, 0.6) is 0 Å². The van der Waals surface area contributed by atoms with Gasteiger partial charge in [0.2, 0.25) is 5.78 Å². The number of nitrogens with zero attached hydrogens (tertiary/aromatic N) is 5. The number of allylic oxidation sites excluding steroid dienone is 1. The largest absolute Gasteiger partial charge is 0.392 e. The summed E-state index contributed by atoms with van der Waals surface area (Å²) in [6, 6.07) is 18.0. The van der Waals surface area contributed by atoms with Gasteiger partial charge in [-0.05, 0) is 54.9 Å². The van der Waals surface area contributed by atoms with Crippen LogP contribution in [0.1, 0.15) is 67.5 Å². The van der Waals surface area contributed by atoms with Crippen molar-refractivity contribution in [2.45, 2.75) is 57.9 Å². The molecule has 0 saturated heterocycles. The Hall–Kier alpha value is -4.02. The summed E-state index contributed by atoms with van der Waals surface area (Å²) < 4.78 is 3.71. The molecule has 2 heterocycles. The maximum absolute atomic E-state index is 14.1. The van der Waals surface area contributed by atoms with E-state index in [1.807, 2.05) is 63.7 Å². The van der Waals surface area contributed by atoms with E-state index < -0.39 is 0 Å². The molecular weight excluding hydrogens is 462 g/mol. The monoisotopic (exact) mass is 493 g/mol. The van der Waals surface area contributed by atoms with Gasteiger partial charge in [-0.2, -0.15) is 15.3 Å². The lowest BCUT2D eigenvalue weighted by molar-refractivity contribution is 0.337. The van der Waals surface area contributed by atoms with Crippen molar-refractivity contribution in [3.8, 4) is 17.2 Å². The van der Waals surface area contributed by atoms with Gasteiger partial charge in [0.1, 0.15) is 6.33 Å². The Balaban J connectivity index is 1.53. The highest BCUT2D eigenvalue weighted by Crippen LogP contribution is 2.32. The number of fused-ring (bicyclic) bond motifs is 1. The van der Waals surface area contributed by atoms with Crippen LogP contribution in [0.4, 0.5) is 0 Å². The van der Waals surface area contributed by atoms with Crippen LogP contribution < -0.4 is 5.56 Å². The average molecular weight is 494 g/mol. The molecule has 0 unspecified atom stereocenters. The number of aromatic nitrogens is 4. The first-order valence-corrected chi connectivity index (χ1v) is 13.0. The lowest BCUT2D eigenvalue weighted by Crippen LogP contribution is -2.33. The third kappa shape index (κ3) is 4.85. The Bertz CT molecular complexity index is 1530. The van der Waals surface area contributed by atoms with Crippen molar-refractivity contribution in [1.29, 1.82) is 5.26 Å². The van der Waals surface area contributed by atoms with E-state index in [1.165, 1.54) is 11.9 Å². The molecule has 188 valence electrons. The van der Waals surface area contributed by atoms with Gasteiger partial charge in [0.15, 0.2) is 0 Å². The summed E-state index contributed by atoms with van der Waals surface area (Å²) in [6.07, 6.45) is 9.00. The van der Waals surface area contributed by atoms with E-state index in [0.717, 1.165) is 66.5 Å². The molecule has 1 fully saturated rings. The second kappa shape index (κ2) is 10.9. The first kappa shape index (κ1) is 24.7. The van der Waals surface area contributed by atoms with Crippen LogP contribution >= 0.6 is 0 Å². The van der Waals surface area contributed by atoms with E-state index in [9.17, 15) is 15.2 Å². The van der Waals surface area contributed by atoms with Gasteiger partial charge < -0.3 is 5.11 Å². The number of aliphatic hydroxyl groups excluding tert-OH is 1. The molecule has 0 atom stereocenters. The number of aryl methyl sites for hydroxylation is 1. The number of benzene rings is 2. The molecule has 1 saturated carbocycles. The summed E-state index contributed by atoms with van der Waals surface area (Å²) in [7, 11) is 0. The highest BCUT2D eigenvalue weighted by Gasteiger charge is 2.26. The quantitative estimate of drug-likeness (QED) is 0.365. The van der Waals surface area contributed by atoms with Crippen LogP contribution in [0.3, 0.4) is 0 Å². The number of nitriles is 1. The van der Waals surface area contributed by atoms with Crippen molar-refractivity contribution >= 4 is 5.78 Å². The van der Waals surface area contributed by atoms with Gasteiger partial charge in [-0.25, -0.2) is 4.52 Å². The molecule has 37 heavy (non-hydrogen) atoms. The predicted octanol–water partition coefficient (Wildman–Crippen LogP) is 5.01. The summed E-state index contributed by atoms with van der Waals surface area (Å²) in [4.78, 5) is 18.5. The van der Waals surface area contributed by atoms with Crippen LogP contribution in [0, 0.1) is 11.3 Å². The maximum Gasteiger partial charge on any atom is 0.259 e. The van der Waals surface area contributed by atoms with E-state index in [2.05, 4.69) is 23.1 Å². The fraction of sp³-hybridized carbons (Fsp3) is 0.333. The predicted molar refractivity (Wildman–Crippen MR) is 143 cm³/mol. The van der Waals surface area contributed by atoms with Crippen molar-refractivity contribution in [1.82, 2.24) is 19.2 Å². The number of hydrogen-bond donors (Lipinski definition) is 1. The number of aliphatic hydroxyl groups is 1. The first-order valence-electron chi connectivity index (χ1n) is 13.0. The van der Waals surface area contributed by atoms with Crippen molar-refractivity contribution in [3.05, 3.63) is 99.2 Å². The highest BCUT2D eigenvalue weighted by molar-refractivity contribution is 5.70. The Labute approximate surface area is 216 Å². The molecule has 0 spiro atoms. The molecule has 5 rings (SSSR count). The Kier molecular flexibility index (Phi) is 7.29.